The van der Waals surface area contributed by atoms with Crippen LogP contribution in [0.3, 0.4) is 0 Å². The second-order valence-electron chi connectivity index (χ2n) is 4.88. The van der Waals surface area contributed by atoms with Crippen molar-refractivity contribution in [2.75, 3.05) is 0 Å². The molecular weight excluding hydrogens is 254 g/mol. The van der Waals surface area contributed by atoms with Crippen LogP contribution in [0.2, 0.25) is 0 Å². The Morgan fingerprint density at radius 2 is 2.11 bits per heavy atom. The van der Waals surface area contributed by atoms with E-state index in [1.807, 2.05) is 0 Å². The van der Waals surface area contributed by atoms with Crippen molar-refractivity contribution >= 4 is 23.3 Å². The van der Waals surface area contributed by atoms with Crippen LogP contribution in [0.1, 0.15) is 37.3 Å². The van der Waals surface area contributed by atoms with Gasteiger partial charge in [-0.3, -0.25) is 4.79 Å². The zero-order valence-electron chi connectivity index (χ0n) is 10.6. The van der Waals surface area contributed by atoms with Gasteiger partial charge in [-0.2, -0.15) is 0 Å². The number of thiophene rings is 1. The molecule has 0 aliphatic heterocycles. The van der Waals surface area contributed by atoms with Gasteiger partial charge in [-0.1, -0.05) is 0 Å². The lowest BCUT2D eigenvalue weighted by Gasteiger charge is -2.22. The van der Waals surface area contributed by atoms with Gasteiger partial charge < -0.3 is 15.6 Å². The molecule has 1 aromatic heterocycles. The van der Waals surface area contributed by atoms with Gasteiger partial charge in [0.15, 0.2) is 0 Å². The molecule has 3 N–H and O–H groups in total. The smallest absolute Gasteiger partial charge is 0.328 e. The van der Waals surface area contributed by atoms with E-state index in [-0.39, 0.29) is 6.42 Å². The maximum absolute atomic E-state index is 11.8. The third-order valence-corrected chi connectivity index (χ3v) is 3.02. The predicted molar refractivity (Wildman–Crippen MR) is 68.4 cm³/mol. The molecule has 0 aromatic carbocycles. The molecule has 5 nitrogen and oxygen atoms in total. The lowest BCUT2D eigenvalue weighted by molar-refractivity contribution is -0.156. The summed E-state index contributed by atoms with van der Waals surface area (Å²) in [5, 5.41) is 10.5. The summed E-state index contributed by atoms with van der Waals surface area (Å²) in [5.41, 5.74) is 5.72. The standard InChI is InChI=1S/C12H17NO4S/c1-12(2,3)17-11(16)10(13)7-4-5-18-8(7)6-9(14)15/h4-5,10H,6,13H2,1-3H3,(H,14,15). The fourth-order valence-electron chi connectivity index (χ4n) is 1.40. The van der Waals surface area contributed by atoms with Crippen molar-refractivity contribution in [1.82, 2.24) is 0 Å². The molecule has 1 unspecified atom stereocenters. The van der Waals surface area contributed by atoms with E-state index < -0.39 is 23.6 Å². The molecule has 18 heavy (non-hydrogen) atoms. The van der Waals surface area contributed by atoms with E-state index in [2.05, 4.69) is 0 Å². The van der Waals surface area contributed by atoms with Crippen molar-refractivity contribution in [3.05, 3.63) is 21.9 Å². The molecule has 0 bridgehead atoms. The molecule has 0 saturated heterocycles. The van der Waals surface area contributed by atoms with E-state index in [1.54, 1.807) is 32.2 Å². The zero-order chi connectivity index (χ0) is 13.9. The van der Waals surface area contributed by atoms with Crippen LogP contribution in [0.25, 0.3) is 0 Å². The molecule has 0 spiro atoms. The Hall–Kier alpha value is -1.40. The summed E-state index contributed by atoms with van der Waals surface area (Å²) in [4.78, 5) is 23.1. The third-order valence-electron chi connectivity index (χ3n) is 2.09. The minimum atomic E-state index is -0.949. The molecule has 0 amide bonds. The van der Waals surface area contributed by atoms with Gasteiger partial charge in [0.05, 0.1) is 6.42 Å². The van der Waals surface area contributed by atoms with Gasteiger partial charge in [-0.05, 0) is 37.8 Å². The normalized spacial score (nSPS) is 13.1. The third kappa shape index (κ3) is 4.12. The van der Waals surface area contributed by atoms with Gasteiger partial charge in [0.25, 0.3) is 0 Å². The van der Waals surface area contributed by atoms with E-state index >= 15 is 0 Å². The summed E-state index contributed by atoms with van der Waals surface area (Å²) >= 11 is 1.27. The first-order valence-electron chi connectivity index (χ1n) is 5.47. The van der Waals surface area contributed by atoms with Gasteiger partial charge in [-0.15, -0.1) is 11.3 Å². The predicted octanol–water partition coefficient (Wildman–Crippen LogP) is 1.72. The molecule has 0 radical (unpaired) electrons. The van der Waals surface area contributed by atoms with Crippen LogP contribution in [-0.4, -0.2) is 22.6 Å². The Balaban J connectivity index is 2.84. The Morgan fingerprint density at radius 1 is 1.50 bits per heavy atom. The highest BCUT2D eigenvalue weighted by Gasteiger charge is 2.26. The van der Waals surface area contributed by atoms with E-state index in [4.69, 9.17) is 15.6 Å². The topological polar surface area (TPSA) is 89.6 Å². The lowest BCUT2D eigenvalue weighted by atomic mass is 10.1. The molecular formula is C12H17NO4S. The lowest BCUT2D eigenvalue weighted by Crippen LogP contribution is -2.31. The van der Waals surface area contributed by atoms with E-state index in [0.717, 1.165) is 0 Å². The number of ether oxygens (including phenoxy) is 1. The molecule has 0 aliphatic rings. The number of carbonyl (C=O) groups is 2. The second-order valence-corrected chi connectivity index (χ2v) is 5.88. The maximum Gasteiger partial charge on any atom is 0.328 e. The number of carboxylic acid groups (broad SMARTS) is 1. The fourth-order valence-corrected chi connectivity index (χ4v) is 2.32. The van der Waals surface area contributed by atoms with E-state index in [9.17, 15) is 9.59 Å². The fraction of sp³-hybridized carbons (Fsp3) is 0.500. The molecule has 0 aliphatic carbocycles. The van der Waals surface area contributed by atoms with E-state index in [1.165, 1.54) is 11.3 Å². The minimum Gasteiger partial charge on any atom is -0.481 e. The molecule has 0 fully saturated rings. The van der Waals surface area contributed by atoms with Gasteiger partial charge in [0.1, 0.15) is 11.6 Å². The van der Waals surface area contributed by atoms with Crippen molar-refractivity contribution in [2.45, 2.75) is 38.8 Å². The molecule has 0 saturated carbocycles. The molecule has 1 atom stereocenters. The summed E-state index contributed by atoms with van der Waals surface area (Å²) in [6, 6.07) is 0.724. The van der Waals surface area contributed by atoms with Crippen LogP contribution in [0.5, 0.6) is 0 Å². The van der Waals surface area contributed by atoms with Gasteiger partial charge in [0, 0.05) is 4.88 Å². The number of carboxylic acids is 1. The van der Waals surface area contributed by atoms with Gasteiger partial charge in [-0.25, -0.2) is 4.79 Å². The van der Waals surface area contributed by atoms with Crippen molar-refractivity contribution in [1.29, 1.82) is 0 Å². The minimum absolute atomic E-state index is 0.135. The average molecular weight is 271 g/mol. The second kappa shape index (κ2) is 5.49. The largest absolute Gasteiger partial charge is 0.481 e. The number of hydrogen-bond acceptors (Lipinski definition) is 5. The van der Waals surface area contributed by atoms with Crippen LogP contribution in [0, 0.1) is 0 Å². The quantitative estimate of drug-likeness (QED) is 0.814. The van der Waals surface area contributed by atoms with E-state index in [0.29, 0.717) is 10.4 Å². The zero-order valence-corrected chi connectivity index (χ0v) is 11.4. The summed E-state index contributed by atoms with van der Waals surface area (Å²) in [6.07, 6.45) is -0.135. The van der Waals surface area contributed by atoms with Crippen LogP contribution in [0.4, 0.5) is 0 Å². The van der Waals surface area contributed by atoms with Crippen molar-refractivity contribution in [3.8, 4) is 0 Å². The SMILES string of the molecule is CC(C)(C)OC(=O)C(N)c1ccsc1CC(=O)O. The van der Waals surface area contributed by atoms with Crippen molar-refractivity contribution in [2.24, 2.45) is 5.73 Å². The first-order chi connectivity index (χ1) is 8.20. The number of hydrogen-bond donors (Lipinski definition) is 2. The van der Waals surface area contributed by atoms with Gasteiger partial charge in [0.2, 0.25) is 0 Å². The average Bonchev–Trinajstić information content (AvgIpc) is 2.60. The first kappa shape index (κ1) is 14.7. The Labute approximate surface area is 110 Å². The molecule has 6 heteroatoms. The Bertz CT molecular complexity index is 447. The molecule has 100 valence electrons. The van der Waals surface area contributed by atoms with Crippen LogP contribution < -0.4 is 5.73 Å². The van der Waals surface area contributed by atoms with Crippen molar-refractivity contribution in [3.63, 3.8) is 0 Å². The number of carbonyl (C=O) groups excluding carboxylic acids is 1. The molecule has 1 rings (SSSR count). The van der Waals surface area contributed by atoms with Crippen LogP contribution in [0.15, 0.2) is 11.4 Å². The number of esters is 1. The summed E-state index contributed by atoms with van der Waals surface area (Å²) in [7, 11) is 0. The van der Waals surface area contributed by atoms with Crippen molar-refractivity contribution < 1.29 is 19.4 Å². The van der Waals surface area contributed by atoms with Crippen LogP contribution >= 0.6 is 11.3 Å². The Kier molecular flexibility index (Phi) is 4.48. The summed E-state index contributed by atoms with van der Waals surface area (Å²) in [6.45, 7) is 5.26. The Morgan fingerprint density at radius 3 is 2.61 bits per heavy atom. The highest BCUT2D eigenvalue weighted by Crippen LogP contribution is 2.25. The monoisotopic (exact) mass is 271 g/mol. The number of nitrogens with two attached hydrogens (primary N) is 1. The molecule has 1 heterocycles. The van der Waals surface area contributed by atoms with Gasteiger partial charge >= 0.3 is 11.9 Å². The summed E-state index contributed by atoms with van der Waals surface area (Å²) < 4.78 is 5.18. The van der Waals surface area contributed by atoms with Crippen LogP contribution in [-0.2, 0) is 20.7 Å². The maximum atomic E-state index is 11.8. The summed E-state index contributed by atoms with van der Waals surface area (Å²) in [5.74, 6) is -1.50. The molecule has 1 aromatic rings. The number of rotatable bonds is 4. The highest BCUT2D eigenvalue weighted by molar-refractivity contribution is 7.10. The number of aliphatic carboxylic acids is 1. The first-order valence-corrected chi connectivity index (χ1v) is 6.35. The highest BCUT2D eigenvalue weighted by atomic mass is 32.1.